The normalized spacial score (nSPS) is 12.0. The number of hydrogen-bond donors (Lipinski definition) is 1. The topological polar surface area (TPSA) is 59.2 Å². The molecule has 4 nitrogen and oxygen atoms in total. The Hall–Kier alpha value is -2.88. The lowest BCUT2D eigenvalue weighted by Crippen LogP contribution is -2.20. The summed E-state index contributed by atoms with van der Waals surface area (Å²) >= 11 is 0. The van der Waals surface area contributed by atoms with Crippen LogP contribution in [0.1, 0.15) is 30.4 Å². The van der Waals surface area contributed by atoms with Gasteiger partial charge in [-0.3, -0.25) is 4.79 Å². The monoisotopic (exact) mass is 321 g/mol. The second-order valence-electron chi connectivity index (χ2n) is 5.60. The van der Waals surface area contributed by atoms with E-state index in [1.54, 1.807) is 6.92 Å². The van der Waals surface area contributed by atoms with E-state index in [1.807, 2.05) is 60.8 Å². The van der Waals surface area contributed by atoms with Gasteiger partial charge in [0.2, 0.25) is 5.78 Å². The summed E-state index contributed by atoms with van der Waals surface area (Å²) < 4.78 is 4.85. The molecule has 0 radical (unpaired) electrons. The quantitative estimate of drug-likeness (QED) is 0.554. The first-order chi connectivity index (χ1) is 11.7. The number of para-hydroxylation sites is 1. The summed E-state index contributed by atoms with van der Waals surface area (Å²) in [4.78, 5) is 27.3. The van der Waals surface area contributed by atoms with Crippen LogP contribution in [0.4, 0.5) is 0 Å². The van der Waals surface area contributed by atoms with Crippen LogP contribution in [0.15, 0.2) is 60.8 Å². The zero-order chi connectivity index (χ0) is 16.9. The number of nitrogens with one attached hydrogen (secondary N) is 1. The van der Waals surface area contributed by atoms with Gasteiger partial charge >= 0.3 is 5.97 Å². The number of H-pyrrole nitrogens is 1. The van der Waals surface area contributed by atoms with Crippen molar-refractivity contribution in [1.82, 2.24) is 4.98 Å². The maximum Gasteiger partial charge on any atom is 0.374 e. The van der Waals surface area contributed by atoms with Crippen molar-refractivity contribution in [2.24, 2.45) is 0 Å². The van der Waals surface area contributed by atoms with Crippen LogP contribution in [-0.2, 0) is 14.3 Å². The van der Waals surface area contributed by atoms with Crippen LogP contribution in [0.5, 0.6) is 0 Å². The number of hydrogen-bond acceptors (Lipinski definition) is 3. The molecule has 0 saturated carbocycles. The minimum absolute atomic E-state index is 0.0880. The molecule has 1 aromatic heterocycles. The molecule has 0 aliphatic rings. The van der Waals surface area contributed by atoms with E-state index in [2.05, 4.69) is 4.98 Å². The Balaban J connectivity index is 2.00. The molecule has 1 N–H and O–H groups in total. The highest BCUT2D eigenvalue weighted by Crippen LogP contribution is 2.33. The largest absolute Gasteiger partial charge is 0.460 e. The van der Waals surface area contributed by atoms with Crippen LogP contribution in [0.3, 0.4) is 0 Å². The lowest BCUT2D eigenvalue weighted by Gasteiger charge is -2.16. The van der Waals surface area contributed by atoms with Crippen molar-refractivity contribution in [3.63, 3.8) is 0 Å². The van der Waals surface area contributed by atoms with Gasteiger partial charge < -0.3 is 9.72 Å². The highest BCUT2D eigenvalue weighted by atomic mass is 16.5. The molecular formula is C20H19NO3. The molecule has 4 heteroatoms. The van der Waals surface area contributed by atoms with E-state index in [4.69, 9.17) is 4.74 Å². The van der Waals surface area contributed by atoms with Gasteiger partial charge in [0.1, 0.15) is 0 Å². The summed E-state index contributed by atoms with van der Waals surface area (Å²) in [5.41, 5.74) is 3.02. The van der Waals surface area contributed by atoms with Crippen LogP contribution in [0.25, 0.3) is 10.9 Å². The predicted octanol–water partition coefficient (Wildman–Crippen LogP) is 3.82. The standard InChI is InChI=1S/C20H19NO3/c1-2-24-20(23)19(22)12-16(14-8-4-3-5-9-14)17-13-21-18-11-7-6-10-15(17)18/h3-11,13,16,21H,2,12H2,1H3. The van der Waals surface area contributed by atoms with Crippen molar-refractivity contribution >= 4 is 22.7 Å². The number of fused-ring (bicyclic) bond motifs is 1. The Morgan fingerprint density at radius 2 is 1.75 bits per heavy atom. The molecule has 1 atom stereocenters. The fraction of sp³-hybridized carbons (Fsp3) is 0.200. The van der Waals surface area contributed by atoms with E-state index in [1.165, 1.54) is 0 Å². The molecule has 1 unspecified atom stereocenters. The van der Waals surface area contributed by atoms with Crippen molar-refractivity contribution < 1.29 is 14.3 Å². The molecule has 0 spiro atoms. The summed E-state index contributed by atoms with van der Waals surface area (Å²) in [7, 11) is 0. The third kappa shape index (κ3) is 3.23. The van der Waals surface area contributed by atoms with Gasteiger partial charge in [-0.1, -0.05) is 48.5 Å². The zero-order valence-corrected chi connectivity index (χ0v) is 13.5. The average Bonchev–Trinajstić information content (AvgIpc) is 3.04. The molecule has 0 bridgehead atoms. The van der Waals surface area contributed by atoms with Crippen LogP contribution in [-0.4, -0.2) is 23.3 Å². The molecule has 0 aliphatic carbocycles. The lowest BCUT2D eigenvalue weighted by molar-refractivity contribution is -0.153. The maximum atomic E-state index is 12.3. The minimum Gasteiger partial charge on any atom is -0.460 e. The highest BCUT2D eigenvalue weighted by molar-refractivity contribution is 6.33. The first kappa shape index (κ1) is 16.0. The maximum absolute atomic E-state index is 12.3. The molecule has 1 heterocycles. The first-order valence-electron chi connectivity index (χ1n) is 8.01. The first-order valence-corrected chi connectivity index (χ1v) is 8.01. The van der Waals surface area contributed by atoms with E-state index in [0.717, 1.165) is 22.0 Å². The van der Waals surface area contributed by atoms with Gasteiger partial charge in [0.05, 0.1) is 6.61 Å². The van der Waals surface area contributed by atoms with Gasteiger partial charge in [-0.15, -0.1) is 0 Å². The Bertz CT molecular complexity index is 851. The fourth-order valence-electron chi connectivity index (χ4n) is 2.96. The van der Waals surface area contributed by atoms with E-state index >= 15 is 0 Å². The van der Waals surface area contributed by atoms with E-state index in [0.29, 0.717) is 0 Å². The number of aromatic nitrogens is 1. The number of esters is 1. The van der Waals surface area contributed by atoms with Crippen molar-refractivity contribution in [2.45, 2.75) is 19.3 Å². The summed E-state index contributed by atoms with van der Waals surface area (Å²) in [5.74, 6) is -1.46. The lowest BCUT2D eigenvalue weighted by atomic mass is 9.87. The van der Waals surface area contributed by atoms with E-state index in [9.17, 15) is 9.59 Å². The number of carbonyl (C=O) groups is 2. The van der Waals surface area contributed by atoms with Gasteiger partial charge in [0.15, 0.2) is 0 Å². The summed E-state index contributed by atoms with van der Waals surface area (Å²) in [6, 6.07) is 17.7. The molecule has 0 amide bonds. The molecule has 122 valence electrons. The molecule has 0 fully saturated rings. The molecule has 3 rings (SSSR count). The van der Waals surface area contributed by atoms with Crippen molar-refractivity contribution in [2.75, 3.05) is 6.61 Å². The summed E-state index contributed by atoms with van der Waals surface area (Å²) in [6.07, 6.45) is 2.01. The van der Waals surface area contributed by atoms with E-state index in [-0.39, 0.29) is 18.9 Å². The Morgan fingerprint density at radius 1 is 1.04 bits per heavy atom. The summed E-state index contributed by atoms with van der Waals surface area (Å²) in [6.45, 7) is 1.90. The molecular weight excluding hydrogens is 302 g/mol. The molecule has 24 heavy (non-hydrogen) atoms. The number of benzene rings is 2. The van der Waals surface area contributed by atoms with Crippen molar-refractivity contribution in [3.05, 3.63) is 71.9 Å². The van der Waals surface area contributed by atoms with Gasteiger partial charge in [-0.05, 0) is 24.1 Å². The third-order valence-electron chi connectivity index (χ3n) is 4.09. The number of ketones is 1. The number of rotatable bonds is 6. The van der Waals surface area contributed by atoms with Gasteiger partial charge in [0.25, 0.3) is 0 Å². The van der Waals surface area contributed by atoms with Crippen molar-refractivity contribution in [1.29, 1.82) is 0 Å². The van der Waals surface area contributed by atoms with Crippen LogP contribution < -0.4 is 0 Å². The zero-order valence-electron chi connectivity index (χ0n) is 13.5. The second kappa shape index (κ2) is 7.13. The average molecular weight is 321 g/mol. The van der Waals surface area contributed by atoms with Crippen LogP contribution in [0.2, 0.25) is 0 Å². The smallest absolute Gasteiger partial charge is 0.374 e. The Kier molecular flexibility index (Phi) is 4.75. The second-order valence-corrected chi connectivity index (χ2v) is 5.60. The van der Waals surface area contributed by atoms with Gasteiger partial charge in [-0.2, -0.15) is 0 Å². The van der Waals surface area contributed by atoms with Crippen molar-refractivity contribution in [3.8, 4) is 0 Å². The van der Waals surface area contributed by atoms with Crippen LogP contribution >= 0.6 is 0 Å². The number of aromatic amines is 1. The highest BCUT2D eigenvalue weighted by Gasteiger charge is 2.25. The molecule has 3 aromatic rings. The minimum atomic E-state index is -0.765. The van der Waals surface area contributed by atoms with Crippen LogP contribution in [0, 0.1) is 0 Å². The molecule has 0 saturated heterocycles. The predicted molar refractivity (Wildman–Crippen MR) is 92.8 cm³/mol. The fourth-order valence-corrected chi connectivity index (χ4v) is 2.96. The Morgan fingerprint density at radius 3 is 2.50 bits per heavy atom. The van der Waals surface area contributed by atoms with E-state index < -0.39 is 11.8 Å². The Labute approximate surface area is 140 Å². The van der Waals surface area contributed by atoms with Gasteiger partial charge in [0, 0.05) is 29.4 Å². The van der Waals surface area contributed by atoms with Gasteiger partial charge in [-0.25, -0.2) is 4.79 Å². The molecule has 2 aromatic carbocycles. The number of carbonyl (C=O) groups excluding carboxylic acids is 2. The molecule has 0 aliphatic heterocycles. The summed E-state index contributed by atoms with van der Waals surface area (Å²) in [5, 5.41) is 1.06. The number of ether oxygens (including phenoxy) is 1. The SMILES string of the molecule is CCOC(=O)C(=O)CC(c1ccccc1)c1c[nH]c2ccccc12. The third-order valence-corrected chi connectivity index (χ3v) is 4.09. The number of Topliss-reactive ketones (excluding diaryl/α,β-unsaturated/α-hetero) is 1.